The topological polar surface area (TPSA) is 24.4 Å². The fraction of sp³-hybridized carbons (Fsp3) is 0.182. The summed E-state index contributed by atoms with van der Waals surface area (Å²) in [6.45, 7) is 2.08. The Balaban J connectivity index is 2.31. The maximum absolute atomic E-state index is 4.38. The van der Waals surface area contributed by atoms with Crippen molar-refractivity contribution in [2.45, 2.75) is 13.0 Å². The van der Waals surface area contributed by atoms with Crippen molar-refractivity contribution in [2.75, 3.05) is 0 Å². The zero-order chi connectivity index (χ0) is 9.10. The maximum Gasteiger partial charge on any atom is 0.0991 e. The first-order valence-electron chi connectivity index (χ1n) is 4.37. The summed E-state index contributed by atoms with van der Waals surface area (Å²) < 4.78 is 0. The molecule has 66 valence electrons. The van der Waals surface area contributed by atoms with Crippen molar-refractivity contribution in [1.29, 1.82) is 0 Å². The van der Waals surface area contributed by atoms with Gasteiger partial charge in [-0.05, 0) is 18.1 Å². The van der Waals surface area contributed by atoms with E-state index in [2.05, 4.69) is 29.4 Å². The summed E-state index contributed by atoms with van der Waals surface area (Å²) in [7, 11) is 0. The molecule has 0 aliphatic carbocycles. The van der Waals surface area contributed by atoms with Gasteiger partial charge in [-0.25, -0.2) is 0 Å². The molecule has 1 unspecified atom stereocenters. The lowest BCUT2D eigenvalue weighted by atomic mass is 10.0. The van der Waals surface area contributed by atoms with Crippen LogP contribution in [0, 0.1) is 0 Å². The van der Waals surface area contributed by atoms with Crippen LogP contribution < -0.4 is 5.32 Å². The van der Waals surface area contributed by atoms with Crippen molar-refractivity contribution in [3.05, 3.63) is 47.7 Å². The molecular formula is C11H12N2. The molecule has 1 aromatic rings. The van der Waals surface area contributed by atoms with Gasteiger partial charge in [-0.3, -0.25) is 4.99 Å². The Hall–Kier alpha value is -1.57. The van der Waals surface area contributed by atoms with Crippen LogP contribution in [-0.2, 0) is 0 Å². The molecule has 2 nitrogen and oxygen atoms in total. The predicted octanol–water partition coefficient (Wildman–Crippen LogP) is 2.26. The van der Waals surface area contributed by atoms with E-state index in [1.807, 2.05) is 24.4 Å². The molecule has 0 saturated heterocycles. The average molecular weight is 172 g/mol. The van der Waals surface area contributed by atoms with Gasteiger partial charge in [-0.15, -0.1) is 0 Å². The van der Waals surface area contributed by atoms with E-state index in [-0.39, 0.29) is 6.04 Å². The van der Waals surface area contributed by atoms with Crippen LogP contribution in [-0.4, -0.2) is 6.34 Å². The van der Waals surface area contributed by atoms with Gasteiger partial charge in [0.1, 0.15) is 0 Å². The van der Waals surface area contributed by atoms with Crippen molar-refractivity contribution >= 4 is 6.34 Å². The van der Waals surface area contributed by atoms with Crippen LogP contribution in [0.3, 0.4) is 0 Å². The number of nitrogens with zero attached hydrogens (tertiary/aromatic N) is 1. The molecule has 0 radical (unpaired) electrons. The summed E-state index contributed by atoms with van der Waals surface area (Å²) in [6, 6.07) is 10.5. The zero-order valence-electron chi connectivity index (χ0n) is 7.57. The van der Waals surface area contributed by atoms with E-state index in [0.717, 1.165) is 0 Å². The van der Waals surface area contributed by atoms with Crippen LogP contribution in [0.25, 0.3) is 0 Å². The van der Waals surface area contributed by atoms with Gasteiger partial charge in [-0.1, -0.05) is 30.3 Å². The first-order chi connectivity index (χ1) is 6.38. The van der Waals surface area contributed by atoms with Gasteiger partial charge in [0.2, 0.25) is 0 Å². The zero-order valence-corrected chi connectivity index (χ0v) is 7.57. The van der Waals surface area contributed by atoms with E-state index in [4.69, 9.17) is 0 Å². The van der Waals surface area contributed by atoms with E-state index in [1.54, 1.807) is 6.34 Å². The molecule has 0 saturated carbocycles. The van der Waals surface area contributed by atoms with Crippen LogP contribution in [0.2, 0.25) is 0 Å². The normalized spacial score (nSPS) is 20.7. The Morgan fingerprint density at radius 2 is 2.00 bits per heavy atom. The van der Waals surface area contributed by atoms with E-state index in [1.165, 1.54) is 11.1 Å². The standard InChI is InChI=1S/C11H12N2/c1-9-7-12-8-13-11(9)10-5-3-2-4-6-10/h2-8,11H,1H3,(H,12,13). The lowest BCUT2D eigenvalue weighted by Gasteiger charge is -2.16. The highest BCUT2D eigenvalue weighted by Gasteiger charge is 2.12. The largest absolute Gasteiger partial charge is 0.353 e. The van der Waals surface area contributed by atoms with E-state index in [9.17, 15) is 0 Å². The number of hydrogen-bond acceptors (Lipinski definition) is 2. The van der Waals surface area contributed by atoms with Crippen LogP contribution in [0.5, 0.6) is 0 Å². The van der Waals surface area contributed by atoms with E-state index >= 15 is 0 Å². The minimum atomic E-state index is 0.197. The third-order valence-electron chi connectivity index (χ3n) is 2.16. The molecule has 0 amide bonds. The molecule has 1 aromatic carbocycles. The lowest BCUT2D eigenvalue weighted by Crippen LogP contribution is -2.12. The molecule has 0 spiro atoms. The van der Waals surface area contributed by atoms with Crippen molar-refractivity contribution in [3.8, 4) is 0 Å². The van der Waals surface area contributed by atoms with Crippen LogP contribution >= 0.6 is 0 Å². The highest BCUT2D eigenvalue weighted by molar-refractivity contribution is 5.59. The summed E-state index contributed by atoms with van der Waals surface area (Å²) in [4.78, 5) is 4.38. The summed E-state index contributed by atoms with van der Waals surface area (Å²) in [5, 5.41) is 2.98. The molecule has 1 aliphatic heterocycles. The van der Waals surface area contributed by atoms with Gasteiger partial charge in [0, 0.05) is 6.20 Å². The second-order valence-electron chi connectivity index (χ2n) is 3.15. The summed E-state index contributed by atoms with van der Waals surface area (Å²) in [5.41, 5.74) is 2.49. The average Bonchev–Trinajstić information content (AvgIpc) is 2.20. The second-order valence-corrected chi connectivity index (χ2v) is 3.15. The van der Waals surface area contributed by atoms with Gasteiger partial charge in [-0.2, -0.15) is 0 Å². The Morgan fingerprint density at radius 3 is 2.69 bits per heavy atom. The quantitative estimate of drug-likeness (QED) is 0.690. The SMILES string of the molecule is CC1=CNC=NC1c1ccccc1. The Labute approximate surface area is 78.0 Å². The molecule has 13 heavy (non-hydrogen) atoms. The molecule has 2 rings (SSSR count). The molecule has 0 aromatic heterocycles. The summed E-state index contributed by atoms with van der Waals surface area (Å²) >= 11 is 0. The lowest BCUT2D eigenvalue weighted by molar-refractivity contribution is 0.819. The highest BCUT2D eigenvalue weighted by Crippen LogP contribution is 2.25. The van der Waals surface area contributed by atoms with Gasteiger partial charge in [0.15, 0.2) is 0 Å². The number of benzene rings is 1. The number of hydrogen-bond donors (Lipinski definition) is 1. The maximum atomic E-state index is 4.38. The van der Waals surface area contributed by atoms with E-state index < -0.39 is 0 Å². The number of aliphatic imine (C=N–C) groups is 1. The predicted molar refractivity (Wildman–Crippen MR) is 54.6 cm³/mol. The minimum Gasteiger partial charge on any atom is -0.353 e. The first kappa shape index (κ1) is 8.05. The fourth-order valence-corrected chi connectivity index (χ4v) is 1.47. The third kappa shape index (κ3) is 1.61. The summed E-state index contributed by atoms with van der Waals surface area (Å²) in [6.07, 6.45) is 3.73. The Bertz CT molecular complexity index is 338. The Kier molecular flexibility index (Phi) is 2.13. The number of rotatable bonds is 1. The van der Waals surface area contributed by atoms with Crippen molar-refractivity contribution in [3.63, 3.8) is 0 Å². The van der Waals surface area contributed by atoms with Crippen molar-refractivity contribution in [2.24, 2.45) is 4.99 Å². The molecule has 0 bridgehead atoms. The van der Waals surface area contributed by atoms with Crippen LogP contribution in [0.4, 0.5) is 0 Å². The third-order valence-corrected chi connectivity index (χ3v) is 2.16. The number of nitrogens with one attached hydrogen (secondary N) is 1. The molecule has 1 atom stereocenters. The smallest absolute Gasteiger partial charge is 0.0991 e. The second kappa shape index (κ2) is 3.44. The Morgan fingerprint density at radius 1 is 1.23 bits per heavy atom. The van der Waals surface area contributed by atoms with Gasteiger partial charge in [0.25, 0.3) is 0 Å². The molecule has 1 N–H and O–H groups in total. The van der Waals surface area contributed by atoms with Gasteiger partial charge in [0.05, 0.1) is 12.4 Å². The molecular weight excluding hydrogens is 160 g/mol. The fourth-order valence-electron chi connectivity index (χ4n) is 1.47. The van der Waals surface area contributed by atoms with Gasteiger partial charge < -0.3 is 5.32 Å². The minimum absolute atomic E-state index is 0.197. The highest BCUT2D eigenvalue weighted by atomic mass is 15.0. The molecule has 2 heteroatoms. The van der Waals surface area contributed by atoms with Crippen molar-refractivity contribution in [1.82, 2.24) is 5.32 Å². The van der Waals surface area contributed by atoms with Crippen LogP contribution in [0.15, 0.2) is 47.1 Å². The van der Waals surface area contributed by atoms with Crippen molar-refractivity contribution < 1.29 is 0 Å². The molecule has 1 aliphatic rings. The molecule has 0 fully saturated rings. The van der Waals surface area contributed by atoms with E-state index in [0.29, 0.717) is 0 Å². The molecule has 1 heterocycles. The van der Waals surface area contributed by atoms with Crippen LogP contribution in [0.1, 0.15) is 18.5 Å². The first-order valence-corrected chi connectivity index (χ1v) is 4.37. The summed E-state index contributed by atoms with van der Waals surface area (Å²) in [5.74, 6) is 0. The van der Waals surface area contributed by atoms with Gasteiger partial charge >= 0.3 is 0 Å². The monoisotopic (exact) mass is 172 g/mol.